The molecule has 4 heterocycles. The number of aromatic nitrogens is 6. The standard InChI is InChI=1S/C26H22N10O2S2/c1-28-20-10-4-8-18(30-20)13-22(38)32-26-36-34-24(40-26)16-6-2-5-15(11-16)23-33-35-25(39-23)31-21(37)12-17-7-3-9-19(14-27)29-17/h3-4,7-10,15-16H,2,5-6,11-13H2,(H,31,35,37)(H,32,36,38)/t15-,16-/m0/s1. The Morgan fingerprint density at radius 1 is 0.900 bits per heavy atom. The number of rotatable bonds is 8. The molecule has 0 saturated heterocycles. The molecule has 1 aliphatic carbocycles. The zero-order valence-corrected chi connectivity index (χ0v) is 22.7. The Morgan fingerprint density at radius 3 is 2.05 bits per heavy atom. The summed E-state index contributed by atoms with van der Waals surface area (Å²) in [7, 11) is 0. The van der Waals surface area contributed by atoms with Gasteiger partial charge in [-0.2, -0.15) is 5.26 Å². The summed E-state index contributed by atoms with van der Waals surface area (Å²) in [4.78, 5) is 36.5. The second-order valence-corrected chi connectivity index (χ2v) is 11.1. The van der Waals surface area contributed by atoms with Gasteiger partial charge in [-0.3, -0.25) is 9.59 Å². The highest BCUT2D eigenvalue weighted by molar-refractivity contribution is 7.15. The Hall–Kier alpha value is -4.66. The third kappa shape index (κ3) is 6.85. The number of nitrogens with one attached hydrogen (secondary N) is 2. The predicted molar refractivity (Wildman–Crippen MR) is 148 cm³/mol. The van der Waals surface area contributed by atoms with E-state index in [2.05, 4.69) is 45.8 Å². The molecule has 0 aliphatic heterocycles. The molecule has 0 radical (unpaired) electrons. The van der Waals surface area contributed by atoms with Gasteiger partial charge in [0.1, 0.15) is 27.5 Å². The van der Waals surface area contributed by atoms with Crippen LogP contribution in [0.1, 0.15) is 64.6 Å². The number of carbonyl (C=O) groups excluding carboxylic acids is 2. The Bertz CT molecular complexity index is 1500. The molecule has 4 aromatic heterocycles. The minimum atomic E-state index is -0.273. The van der Waals surface area contributed by atoms with E-state index >= 15 is 0 Å². The maximum atomic E-state index is 12.5. The maximum absolute atomic E-state index is 12.5. The Morgan fingerprint density at radius 2 is 1.48 bits per heavy atom. The van der Waals surface area contributed by atoms with Gasteiger partial charge in [-0.25, -0.2) is 4.98 Å². The molecule has 2 N–H and O–H groups in total. The fourth-order valence-electron chi connectivity index (χ4n) is 4.46. The van der Waals surface area contributed by atoms with E-state index in [1.807, 2.05) is 6.07 Å². The lowest BCUT2D eigenvalue weighted by Gasteiger charge is -2.25. The van der Waals surface area contributed by atoms with E-state index < -0.39 is 0 Å². The first-order valence-electron chi connectivity index (χ1n) is 12.4. The van der Waals surface area contributed by atoms with Gasteiger partial charge in [-0.05, 0) is 43.5 Å². The van der Waals surface area contributed by atoms with E-state index in [1.54, 1.807) is 36.4 Å². The van der Waals surface area contributed by atoms with Crippen LogP contribution in [-0.4, -0.2) is 42.2 Å². The molecule has 12 nitrogen and oxygen atoms in total. The van der Waals surface area contributed by atoms with Crippen LogP contribution in [0.5, 0.6) is 0 Å². The largest absolute Gasteiger partial charge is 0.361 e. The van der Waals surface area contributed by atoms with Crippen molar-refractivity contribution in [1.82, 2.24) is 30.4 Å². The molecule has 0 spiro atoms. The van der Waals surface area contributed by atoms with E-state index in [1.165, 1.54) is 22.7 Å². The number of pyridine rings is 2. The van der Waals surface area contributed by atoms with Gasteiger partial charge in [0, 0.05) is 11.8 Å². The van der Waals surface area contributed by atoms with Crippen LogP contribution < -0.4 is 10.6 Å². The monoisotopic (exact) mass is 570 g/mol. The van der Waals surface area contributed by atoms with Crippen LogP contribution in [-0.2, 0) is 22.4 Å². The van der Waals surface area contributed by atoms with Gasteiger partial charge in [0.15, 0.2) is 0 Å². The van der Waals surface area contributed by atoms with Crippen molar-refractivity contribution in [3.63, 3.8) is 0 Å². The number of hydrogen-bond acceptors (Lipinski definition) is 11. The molecule has 40 heavy (non-hydrogen) atoms. The second-order valence-electron chi connectivity index (χ2n) is 9.13. The van der Waals surface area contributed by atoms with Crippen molar-refractivity contribution in [1.29, 1.82) is 5.26 Å². The Kier molecular flexibility index (Phi) is 8.39. The Balaban J connectivity index is 1.15. The summed E-state index contributed by atoms with van der Waals surface area (Å²) >= 11 is 2.72. The van der Waals surface area contributed by atoms with Crippen LogP contribution >= 0.6 is 22.7 Å². The van der Waals surface area contributed by atoms with Crippen LogP contribution in [0, 0.1) is 17.9 Å². The Labute approximate surface area is 237 Å². The maximum Gasteiger partial charge on any atom is 0.269 e. The van der Waals surface area contributed by atoms with Crippen molar-refractivity contribution < 1.29 is 9.59 Å². The number of hydrogen-bond donors (Lipinski definition) is 2. The van der Waals surface area contributed by atoms with Crippen LogP contribution in [0.2, 0.25) is 0 Å². The van der Waals surface area contributed by atoms with E-state index in [4.69, 9.17) is 11.8 Å². The lowest BCUT2D eigenvalue weighted by atomic mass is 9.82. The minimum Gasteiger partial charge on any atom is -0.361 e. The first kappa shape index (κ1) is 26.9. The third-order valence-corrected chi connectivity index (χ3v) is 8.26. The van der Waals surface area contributed by atoms with Crippen molar-refractivity contribution in [2.75, 3.05) is 10.6 Å². The van der Waals surface area contributed by atoms with Crippen molar-refractivity contribution in [2.24, 2.45) is 0 Å². The van der Waals surface area contributed by atoms with Crippen molar-refractivity contribution in [2.45, 2.75) is 50.4 Å². The molecule has 4 aromatic rings. The summed E-state index contributed by atoms with van der Waals surface area (Å²) in [5.74, 6) is 0.0683. The zero-order valence-electron chi connectivity index (χ0n) is 21.1. The highest BCUT2D eigenvalue weighted by Crippen LogP contribution is 2.43. The number of nitriles is 1. The van der Waals surface area contributed by atoms with Gasteiger partial charge >= 0.3 is 0 Å². The minimum absolute atomic E-state index is 0.0374. The molecular formula is C26H22N10O2S2. The van der Waals surface area contributed by atoms with E-state index in [0.29, 0.717) is 21.7 Å². The molecule has 0 aromatic carbocycles. The van der Waals surface area contributed by atoms with Crippen LogP contribution in [0.15, 0.2) is 36.4 Å². The van der Waals surface area contributed by atoms with Gasteiger partial charge in [0.2, 0.25) is 22.1 Å². The third-order valence-electron chi connectivity index (χ3n) is 6.26. The highest BCUT2D eigenvalue weighted by atomic mass is 32.1. The first-order chi connectivity index (χ1) is 19.5. The lowest BCUT2D eigenvalue weighted by Crippen LogP contribution is -2.15. The molecule has 0 bridgehead atoms. The van der Waals surface area contributed by atoms with Gasteiger partial charge in [0.05, 0.1) is 18.5 Å². The average Bonchev–Trinajstić information content (AvgIpc) is 3.63. The van der Waals surface area contributed by atoms with Gasteiger partial charge in [-0.15, -0.1) is 25.4 Å². The summed E-state index contributed by atoms with van der Waals surface area (Å²) in [6, 6.07) is 12.0. The van der Waals surface area contributed by atoms with Crippen molar-refractivity contribution in [3.05, 3.63) is 74.9 Å². The SMILES string of the molecule is [C-]#[N+]c1cccc(CC(=O)Nc2nnc([C@H]3CCC[C@H](c4nnc(NC(=O)Cc5cccc(C#N)n5)s4)C3)s2)n1. The topological polar surface area (TPSA) is 164 Å². The first-order valence-corrected chi connectivity index (χ1v) is 14.1. The molecule has 1 saturated carbocycles. The number of carbonyl (C=O) groups is 2. The quantitative estimate of drug-likeness (QED) is 0.292. The molecule has 2 amide bonds. The molecular weight excluding hydrogens is 548 g/mol. The summed E-state index contributed by atoms with van der Waals surface area (Å²) in [5, 5.41) is 34.1. The lowest BCUT2D eigenvalue weighted by molar-refractivity contribution is -0.116. The molecule has 2 atom stereocenters. The number of anilines is 2. The second kappa shape index (κ2) is 12.5. The smallest absolute Gasteiger partial charge is 0.269 e. The van der Waals surface area contributed by atoms with E-state index in [9.17, 15) is 9.59 Å². The molecule has 14 heteroatoms. The van der Waals surface area contributed by atoms with Crippen molar-refractivity contribution in [3.8, 4) is 6.07 Å². The molecule has 200 valence electrons. The normalized spacial score (nSPS) is 16.4. The fraction of sp³-hybridized carbons (Fsp3) is 0.308. The van der Waals surface area contributed by atoms with Crippen LogP contribution in [0.3, 0.4) is 0 Å². The summed E-state index contributed by atoms with van der Waals surface area (Å²) in [6.45, 7) is 7.06. The van der Waals surface area contributed by atoms with Gasteiger partial charge < -0.3 is 15.5 Å². The zero-order chi connectivity index (χ0) is 27.9. The average molecular weight is 571 g/mol. The fourth-order valence-corrected chi connectivity index (χ4v) is 6.28. The number of nitrogens with zero attached hydrogens (tertiary/aromatic N) is 8. The van der Waals surface area contributed by atoms with Gasteiger partial charge in [-0.1, -0.05) is 47.8 Å². The van der Waals surface area contributed by atoms with Crippen molar-refractivity contribution >= 4 is 50.6 Å². The van der Waals surface area contributed by atoms with Gasteiger partial charge in [0.25, 0.3) is 5.82 Å². The van der Waals surface area contributed by atoms with E-state index in [-0.39, 0.29) is 48.0 Å². The van der Waals surface area contributed by atoms with E-state index in [0.717, 1.165) is 35.7 Å². The van der Waals surface area contributed by atoms with Crippen LogP contribution in [0.4, 0.5) is 16.1 Å². The molecule has 0 unspecified atom stereocenters. The predicted octanol–water partition coefficient (Wildman–Crippen LogP) is 4.41. The number of amides is 2. The molecule has 5 rings (SSSR count). The summed E-state index contributed by atoms with van der Waals surface area (Å²) in [6.07, 6.45) is 3.82. The highest BCUT2D eigenvalue weighted by Gasteiger charge is 2.29. The van der Waals surface area contributed by atoms with Crippen LogP contribution in [0.25, 0.3) is 4.85 Å². The summed E-state index contributed by atoms with van der Waals surface area (Å²) < 4.78 is 0. The molecule has 1 fully saturated rings. The summed E-state index contributed by atoms with van der Waals surface area (Å²) in [5.41, 5.74) is 1.29. The molecule has 1 aliphatic rings.